The van der Waals surface area contributed by atoms with Gasteiger partial charge in [0.25, 0.3) is 0 Å². The van der Waals surface area contributed by atoms with Crippen molar-refractivity contribution in [3.63, 3.8) is 0 Å². The van der Waals surface area contributed by atoms with Crippen molar-refractivity contribution < 1.29 is 19.4 Å². The molecule has 4 nitrogen and oxygen atoms in total. The Hall–Kier alpha value is -2.54. The second-order valence-corrected chi connectivity index (χ2v) is 6.88. The zero-order valence-electron chi connectivity index (χ0n) is 13.0. The third-order valence-electron chi connectivity index (χ3n) is 4.06. The third-order valence-corrected chi connectivity index (χ3v) is 4.68. The summed E-state index contributed by atoms with van der Waals surface area (Å²) in [7, 11) is 0. The second-order valence-electron chi connectivity index (χ2n) is 5.64. The average molecular weight is 444 g/mol. The van der Waals surface area contributed by atoms with Gasteiger partial charge in [0.1, 0.15) is 5.56 Å². The molecule has 0 fully saturated rings. The Balaban J connectivity index is 1.94. The smallest absolute Gasteiger partial charge is 0.339 e. The van der Waals surface area contributed by atoms with E-state index in [1.807, 2.05) is 60.7 Å². The van der Waals surface area contributed by atoms with Gasteiger partial charge < -0.3 is 14.6 Å². The second kappa shape index (κ2) is 6.07. The van der Waals surface area contributed by atoms with E-state index in [4.69, 9.17) is 9.47 Å². The van der Waals surface area contributed by atoms with Gasteiger partial charge in [-0.1, -0.05) is 60.7 Å². The molecule has 3 aromatic rings. The topological polar surface area (TPSA) is 55.8 Å². The van der Waals surface area contributed by atoms with Gasteiger partial charge in [-0.15, -0.1) is 0 Å². The zero-order chi connectivity index (χ0) is 17.4. The third kappa shape index (κ3) is 2.64. The minimum Gasteiger partial charge on any atom is -0.478 e. The van der Waals surface area contributed by atoms with Gasteiger partial charge >= 0.3 is 11.8 Å². The molecule has 0 aliphatic carbocycles. The molecule has 0 saturated heterocycles. The summed E-state index contributed by atoms with van der Waals surface area (Å²) in [4.78, 5) is 11.7. The zero-order valence-corrected chi connectivity index (χ0v) is 15.1. The summed E-state index contributed by atoms with van der Waals surface area (Å²) in [6.07, 6.45) is 0. The number of fused-ring (bicyclic) bond motifs is 1. The van der Waals surface area contributed by atoms with Crippen molar-refractivity contribution in [3.8, 4) is 11.5 Å². The van der Waals surface area contributed by atoms with Gasteiger partial charge in [-0.2, -0.15) is 0 Å². The van der Waals surface area contributed by atoms with Crippen molar-refractivity contribution in [2.24, 2.45) is 0 Å². The largest absolute Gasteiger partial charge is 0.478 e. The van der Waals surface area contributed by atoms with Crippen LogP contribution in [0, 0.1) is 3.57 Å². The van der Waals surface area contributed by atoms with Crippen LogP contribution in [0.15, 0.2) is 72.8 Å². The highest BCUT2D eigenvalue weighted by Crippen LogP contribution is 2.49. The number of rotatable bonds is 3. The van der Waals surface area contributed by atoms with E-state index in [1.54, 1.807) is 12.1 Å². The molecule has 4 rings (SSSR count). The summed E-state index contributed by atoms with van der Waals surface area (Å²) in [6, 6.07) is 22.4. The molecule has 0 radical (unpaired) electrons. The molecule has 0 atom stereocenters. The molecule has 3 aromatic carbocycles. The van der Waals surface area contributed by atoms with Crippen molar-refractivity contribution in [2.45, 2.75) is 5.79 Å². The van der Waals surface area contributed by atoms with Gasteiger partial charge in [-0.05, 0) is 34.7 Å². The molecule has 1 heterocycles. The van der Waals surface area contributed by atoms with Crippen molar-refractivity contribution in [1.29, 1.82) is 0 Å². The van der Waals surface area contributed by atoms with Gasteiger partial charge in [0.15, 0.2) is 11.5 Å². The number of carboxylic acids is 1. The molecular weight excluding hydrogens is 431 g/mol. The quantitative estimate of drug-likeness (QED) is 0.598. The first-order chi connectivity index (χ1) is 12.1. The van der Waals surface area contributed by atoms with Crippen molar-refractivity contribution >= 4 is 28.6 Å². The van der Waals surface area contributed by atoms with Crippen LogP contribution in [0.3, 0.4) is 0 Å². The van der Waals surface area contributed by atoms with Crippen LogP contribution in [0.4, 0.5) is 0 Å². The Morgan fingerprint density at radius 2 is 1.44 bits per heavy atom. The first-order valence-corrected chi connectivity index (χ1v) is 8.74. The van der Waals surface area contributed by atoms with Gasteiger partial charge in [0, 0.05) is 14.7 Å². The Labute approximate surface area is 158 Å². The Morgan fingerprint density at radius 1 is 0.880 bits per heavy atom. The lowest BCUT2D eigenvalue weighted by Gasteiger charge is -2.28. The van der Waals surface area contributed by atoms with E-state index in [2.05, 4.69) is 22.6 Å². The monoisotopic (exact) mass is 444 g/mol. The maximum Gasteiger partial charge on any atom is 0.339 e. The van der Waals surface area contributed by atoms with Crippen LogP contribution in [0.1, 0.15) is 21.5 Å². The molecule has 1 aliphatic heterocycles. The highest BCUT2D eigenvalue weighted by molar-refractivity contribution is 14.1. The van der Waals surface area contributed by atoms with Crippen LogP contribution in [-0.4, -0.2) is 11.1 Å². The minimum absolute atomic E-state index is 0.0932. The number of hydrogen-bond acceptors (Lipinski definition) is 3. The fourth-order valence-corrected chi connectivity index (χ4v) is 3.54. The van der Waals surface area contributed by atoms with E-state index in [0.717, 1.165) is 14.7 Å². The molecule has 5 heteroatoms. The maximum atomic E-state index is 11.7. The number of aromatic carboxylic acids is 1. The molecule has 0 aromatic heterocycles. The van der Waals surface area contributed by atoms with E-state index in [-0.39, 0.29) is 11.3 Å². The standard InChI is InChI=1S/C20H13IO4/c21-15-11-16(19(22)23)18-17(12-15)24-20(25-18,13-7-3-1-4-8-13)14-9-5-2-6-10-14/h1-12H,(H,22,23). The number of ether oxygens (including phenoxy) is 2. The van der Waals surface area contributed by atoms with Gasteiger partial charge in [0.2, 0.25) is 0 Å². The lowest BCUT2D eigenvalue weighted by molar-refractivity contribution is -0.0462. The number of benzene rings is 3. The molecule has 0 bridgehead atoms. The SMILES string of the molecule is O=C(O)c1cc(I)cc2c1OC(c1ccccc1)(c1ccccc1)O2. The Bertz CT molecular complexity index is 899. The van der Waals surface area contributed by atoms with Crippen molar-refractivity contribution in [1.82, 2.24) is 0 Å². The summed E-state index contributed by atoms with van der Waals surface area (Å²) in [5, 5.41) is 9.55. The fraction of sp³-hybridized carbons (Fsp3) is 0.0500. The van der Waals surface area contributed by atoms with E-state index >= 15 is 0 Å². The highest BCUT2D eigenvalue weighted by Gasteiger charge is 2.47. The van der Waals surface area contributed by atoms with Crippen LogP contribution in [0.2, 0.25) is 0 Å². The summed E-state index contributed by atoms with van der Waals surface area (Å²) >= 11 is 2.07. The van der Waals surface area contributed by atoms with Crippen LogP contribution < -0.4 is 9.47 Å². The average Bonchev–Trinajstić information content (AvgIpc) is 3.03. The lowest BCUT2D eigenvalue weighted by atomic mass is 9.97. The maximum absolute atomic E-state index is 11.7. The first-order valence-electron chi connectivity index (χ1n) is 7.66. The molecule has 0 saturated carbocycles. The molecule has 0 unspecified atom stereocenters. The summed E-state index contributed by atoms with van der Waals surface area (Å²) in [6.45, 7) is 0. The highest BCUT2D eigenvalue weighted by atomic mass is 127. The van der Waals surface area contributed by atoms with Crippen LogP contribution in [0.5, 0.6) is 11.5 Å². The summed E-state index contributed by atoms with van der Waals surface area (Å²) in [5.74, 6) is -1.58. The summed E-state index contributed by atoms with van der Waals surface area (Å²) < 4.78 is 13.2. The molecular formula is C20H13IO4. The normalized spacial score (nSPS) is 14.3. The van der Waals surface area contributed by atoms with Gasteiger partial charge in [-0.3, -0.25) is 0 Å². The molecule has 1 N–H and O–H groups in total. The number of hydrogen-bond donors (Lipinski definition) is 1. The number of carbonyl (C=O) groups is 1. The van der Waals surface area contributed by atoms with E-state index in [9.17, 15) is 9.90 Å². The first kappa shape index (κ1) is 16.0. The Kier molecular flexibility index (Phi) is 3.88. The predicted octanol–water partition coefficient (Wildman–Crippen LogP) is 4.66. The van der Waals surface area contributed by atoms with Crippen molar-refractivity contribution in [3.05, 3.63) is 93.1 Å². The predicted molar refractivity (Wildman–Crippen MR) is 101 cm³/mol. The summed E-state index contributed by atoms with van der Waals surface area (Å²) in [5.41, 5.74) is 1.68. The molecule has 1 aliphatic rings. The minimum atomic E-state index is -1.21. The molecule has 25 heavy (non-hydrogen) atoms. The van der Waals surface area contributed by atoms with Crippen LogP contribution in [-0.2, 0) is 5.79 Å². The van der Waals surface area contributed by atoms with E-state index in [0.29, 0.717) is 5.75 Å². The van der Waals surface area contributed by atoms with Crippen LogP contribution >= 0.6 is 22.6 Å². The molecule has 124 valence electrons. The molecule has 0 spiro atoms. The van der Waals surface area contributed by atoms with Crippen molar-refractivity contribution in [2.75, 3.05) is 0 Å². The fourth-order valence-electron chi connectivity index (χ4n) is 2.95. The van der Waals surface area contributed by atoms with Crippen LogP contribution in [0.25, 0.3) is 0 Å². The number of carboxylic acid groups (broad SMARTS) is 1. The van der Waals surface area contributed by atoms with Gasteiger partial charge in [-0.25, -0.2) is 4.79 Å². The number of halogens is 1. The van der Waals surface area contributed by atoms with E-state index in [1.165, 1.54) is 0 Å². The Morgan fingerprint density at radius 3 is 1.96 bits per heavy atom. The lowest BCUT2D eigenvalue weighted by Crippen LogP contribution is -2.36. The van der Waals surface area contributed by atoms with E-state index < -0.39 is 11.8 Å². The van der Waals surface area contributed by atoms with Gasteiger partial charge in [0.05, 0.1) is 0 Å². The molecule has 0 amide bonds.